The van der Waals surface area contributed by atoms with Crippen LogP contribution in [0.15, 0.2) is 0 Å². The molecule has 1 unspecified atom stereocenters. The van der Waals surface area contributed by atoms with E-state index in [1.807, 2.05) is 0 Å². The summed E-state index contributed by atoms with van der Waals surface area (Å²) in [6.45, 7) is 12.7. The summed E-state index contributed by atoms with van der Waals surface area (Å²) in [6.07, 6.45) is 3.80. The first-order chi connectivity index (χ1) is 8.10. The van der Waals surface area contributed by atoms with Gasteiger partial charge in [0.1, 0.15) is 0 Å². The van der Waals surface area contributed by atoms with Gasteiger partial charge in [-0.3, -0.25) is 0 Å². The average Bonchev–Trinajstić information content (AvgIpc) is 2.26. The van der Waals surface area contributed by atoms with Crippen LogP contribution in [0, 0.1) is 0 Å². The van der Waals surface area contributed by atoms with Crippen LogP contribution < -0.4 is 5.32 Å². The second-order valence-corrected chi connectivity index (χ2v) is 5.29. The maximum absolute atomic E-state index is 3.60. The van der Waals surface area contributed by atoms with Crippen molar-refractivity contribution in [2.45, 2.75) is 46.1 Å². The van der Waals surface area contributed by atoms with Gasteiger partial charge in [0, 0.05) is 32.2 Å². The van der Waals surface area contributed by atoms with Crippen LogP contribution in [0.1, 0.15) is 40.0 Å². The zero-order valence-electron chi connectivity index (χ0n) is 12.6. The van der Waals surface area contributed by atoms with Gasteiger partial charge in [0.15, 0.2) is 0 Å². The molecule has 0 saturated carbocycles. The fourth-order valence-electron chi connectivity index (χ4n) is 2.00. The Kier molecular flexibility index (Phi) is 10.9. The van der Waals surface area contributed by atoms with E-state index in [2.05, 4.69) is 50.0 Å². The lowest BCUT2D eigenvalue weighted by atomic mass is 10.2. The van der Waals surface area contributed by atoms with Crippen molar-refractivity contribution in [3.8, 4) is 0 Å². The van der Waals surface area contributed by atoms with Crippen LogP contribution in [0.2, 0.25) is 0 Å². The maximum atomic E-state index is 3.60. The van der Waals surface area contributed by atoms with E-state index in [0.717, 1.165) is 13.1 Å². The Morgan fingerprint density at radius 2 is 1.65 bits per heavy atom. The van der Waals surface area contributed by atoms with Gasteiger partial charge in [-0.1, -0.05) is 20.3 Å². The highest BCUT2D eigenvalue weighted by molar-refractivity contribution is 4.64. The number of rotatable bonds is 11. The second-order valence-electron chi connectivity index (χ2n) is 5.29. The summed E-state index contributed by atoms with van der Waals surface area (Å²) < 4.78 is 0. The van der Waals surface area contributed by atoms with Gasteiger partial charge in [-0.2, -0.15) is 0 Å². The van der Waals surface area contributed by atoms with Gasteiger partial charge < -0.3 is 15.1 Å². The summed E-state index contributed by atoms with van der Waals surface area (Å²) >= 11 is 0. The van der Waals surface area contributed by atoms with Crippen LogP contribution in [-0.2, 0) is 0 Å². The Hall–Kier alpha value is -0.120. The third-order valence-electron chi connectivity index (χ3n) is 3.05. The zero-order chi connectivity index (χ0) is 13.1. The number of nitrogens with zero attached hydrogens (tertiary/aromatic N) is 2. The van der Waals surface area contributed by atoms with Gasteiger partial charge in [-0.15, -0.1) is 0 Å². The molecule has 3 heteroatoms. The highest BCUT2D eigenvalue weighted by atomic mass is 15.2. The van der Waals surface area contributed by atoms with Crippen molar-refractivity contribution in [2.24, 2.45) is 0 Å². The molecule has 0 aliphatic carbocycles. The smallest absolute Gasteiger partial charge is 0.0110 e. The van der Waals surface area contributed by atoms with Crippen molar-refractivity contribution in [3.63, 3.8) is 0 Å². The molecular formula is C14H33N3. The molecular weight excluding hydrogens is 210 g/mol. The summed E-state index contributed by atoms with van der Waals surface area (Å²) in [7, 11) is 4.29. The van der Waals surface area contributed by atoms with E-state index in [-0.39, 0.29) is 0 Å². The Morgan fingerprint density at radius 3 is 2.18 bits per heavy atom. The van der Waals surface area contributed by atoms with Crippen molar-refractivity contribution >= 4 is 0 Å². The fraction of sp³-hybridized carbons (Fsp3) is 1.00. The van der Waals surface area contributed by atoms with E-state index >= 15 is 0 Å². The van der Waals surface area contributed by atoms with E-state index in [9.17, 15) is 0 Å². The molecule has 0 rings (SSSR count). The predicted molar refractivity (Wildman–Crippen MR) is 77.7 cm³/mol. The third kappa shape index (κ3) is 10.7. The summed E-state index contributed by atoms with van der Waals surface area (Å²) in [5.74, 6) is 0. The third-order valence-corrected chi connectivity index (χ3v) is 3.05. The van der Waals surface area contributed by atoms with Gasteiger partial charge in [-0.05, 0) is 40.4 Å². The molecule has 0 spiro atoms. The van der Waals surface area contributed by atoms with Crippen molar-refractivity contribution < 1.29 is 0 Å². The highest BCUT2D eigenvalue weighted by Gasteiger charge is 2.05. The Balaban J connectivity index is 3.68. The predicted octanol–water partition coefficient (Wildman–Crippen LogP) is 2.04. The summed E-state index contributed by atoms with van der Waals surface area (Å²) in [4.78, 5) is 4.82. The molecule has 0 radical (unpaired) electrons. The molecule has 0 aliphatic heterocycles. The molecule has 0 aliphatic rings. The molecule has 0 fully saturated rings. The monoisotopic (exact) mass is 243 g/mol. The van der Waals surface area contributed by atoms with Crippen molar-refractivity contribution in [1.29, 1.82) is 0 Å². The largest absolute Gasteiger partial charge is 0.313 e. The average molecular weight is 243 g/mol. The molecule has 17 heavy (non-hydrogen) atoms. The molecule has 3 nitrogen and oxygen atoms in total. The lowest BCUT2D eigenvalue weighted by Gasteiger charge is -2.24. The SMILES string of the molecule is CCCC(C)NCCN(CCC)CCN(C)C. The van der Waals surface area contributed by atoms with Gasteiger partial charge in [0.25, 0.3) is 0 Å². The van der Waals surface area contributed by atoms with Crippen molar-refractivity contribution in [3.05, 3.63) is 0 Å². The maximum Gasteiger partial charge on any atom is 0.0110 e. The lowest BCUT2D eigenvalue weighted by Crippen LogP contribution is -2.39. The van der Waals surface area contributed by atoms with Gasteiger partial charge in [0.2, 0.25) is 0 Å². The number of hydrogen-bond acceptors (Lipinski definition) is 3. The number of hydrogen-bond donors (Lipinski definition) is 1. The minimum absolute atomic E-state index is 0.664. The van der Waals surface area contributed by atoms with Crippen molar-refractivity contribution in [1.82, 2.24) is 15.1 Å². The van der Waals surface area contributed by atoms with Gasteiger partial charge in [0.05, 0.1) is 0 Å². The Morgan fingerprint density at radius 1 is 0.941 bits per heavy atom. The molecule has 0 aromatic rings. The quantitative estimate of drug-likeness (QED) is 0.599. The van der Waals surface area contributed by atoms with E-state index in [0.29, 0.717) is 6.04 Å². The molecule has 0 saturated heterocycles. The van der Waals surface area contributed by atoms with Crippen LogP contribution in [0.25, 0.3) is 0 Å². The van der Waals surface area contributed by atoms with E-state index in [1.54, 1.807) is 0 Å². The highest BCUT2D eigenvalue weighted by Crippen LogP contribution is 1.95. The summed E-state index contributed by atoms with van der Waals surface area (Å²) in [5.41, 5.74) is 0. The number of nitrogens with one attached hydrogen (secondary N) is 1. The fourth-order valence-corrected chi connectivity index (χ4v) is 2.00. The van der Waals surface area contributed by atoms with E-state index in [1.165, 1.54) is 38.9 Å². The number of likely N-dealkylation sites (N-methyl/N-ethyl adjacent to an activating group) is 1. The van der Waals surface area contributed by atoms with E-state index in [4.69, 9.17) is 0 Å². The first-order valence-electron chi connectivity index (χ1n) is 7.20. The van der Waals surface area contributed by atoms with Crippen LogP contribution in [-0.4, -0.2) is 62.7 Å². The zero-order valence-corrected chi connectivity index (χ0v) is 12.6. The second kappa shape index (κ2) is 11.0. The first kappa shape index (κ1) is 16.9. The lowest BCUT2D eigenvalue weighted by molar-refractivity contribution is 0.238. The standard InChI is InChI=1S/C14H33N3/c1-6-8-14(3)15-9-11-17(10-7-2)13-12-16(4)5/h14-15H,6-13H2,1-5H3. The van der Waals surface area contributed by atoms with Crippen LogP contribution in [0.4, 0.5) is 0 Å². The van der Waals surface area contributed by atoms with Crippen LogP contribution in [0.5, 0.6) is 0 Å². The normalized spacial score (nSPS) is 13.6. The van der Waals surface area contributed by atoms with Crippen molar-refractivity contribution in [2.75, 3.05) is 46.8 Å². The molecule has 1 N–H and O–H groups in total. The summed E-state index contributed by atoms with van der Waals surface area (Å²) in [6, 6.07) is 0.664. The summed E-state index contributed by atoms with van der Waals surface area (Å²) in [5, 5.41) is 3.60. The first-order valence-corrected chi connectivity index (χ1v) is 7.20. The Bertz CT molecular complexity index is 160. The molecule has 0 amide bonds. The molecule has 0 bridgehead atoms. The molecule has 0 heterocycles. The van der Waals surface area contributed by atoms with Gasteiger partial charge >= 0.3 is 0 Å². The van der Waals surface area contributed by atoms with Crippen LogP contribution in [0.3, 0.4) is 0 Å². The Labute approximate surface area is 109 Å². The minimum Gasteiger partial charge on any atom is -0.313 e. The molecule has 0 aromatic carbocycles. The van der Waals surface area contributed by atoms with Gasteiger partial charge in [-0.25, -0.2) is 0 Å². The molecule has 0 aromatic heterocycles. The molecule has 1 atom stereocenters. The minimum atomic E-state index is 0.664. The molecule has 104 valence electrons. The van der Waals surface area contributed by atoms with E-state index < -0.39 is 0 Å². The van der Waals surface area contributed by atoms with Crippen LogP contribution >= 0.6 is 0 Å². The topological polar surface area (TPSA) is 18.5 Å².